The van der Waals surface area contributed by atoms with Crippen molar-refractivity contribution in [1.82, 2.24) is 4.98 Å². The summed E-state index contributed by atoms with van der Waals surface area (Å²) in [6.07, 6.45) is 5.15. The van der Waals surface area contributed by atoms with Crippen LogP contribution >= 0.6 is 0 Å². The average Bonchev–Trinajstić information content (AvgIpc) is 2.26. The van der Waals surface area contributed by atoms with Gasteiger partial charge in [0.2, 0.25) is 5.82 Å². The molecule has 0 saturated carbocycles. The Bertz CT molecular complexity index is 404. The number of hydrogen-bond donors (Lipinski definition) is 2. The first-order valence-corrected chi connectivity index (χ1v) is 4.85. The van der Waals surface area contributed by atoms with Crippen LogP contribution in [0.1, 0.15) is 5.56 Å². The molecule has 6 heteroatoms. The Hall–Kier alpha value is -1.95. The number of aryl methyl sites for hydroxylation is 1. The Morgan fingerprint density at radius 1 is 1.62 bits per heavy atom. The van der Waals surface area contributed by atoms with Crippen LogP contribution in [0.4, 0.5) is 11.5 Å². The highest BCUT2D eigenvalue weighted by Gasteiger charge is 2.14. The van der Waals surface area contributed by atoms with Gasteiger partial charge in [0.25, 0.3) is 0 Å². The van der Waals surface area contributed by atoms with Gasteiger partial charge in [-0.3, -0.25) is 10.1 Å². The predicted molar refractivity (Wildman–Crippen MR) is 62.3 cm³/mol. The Labute approximate surface area is 93.3 Å². The maximum Gasteiger partial charge on any atom is 0.311 e. The Balaban J connectivity index is 2.78. The zero-order valence-electron chi connectivity index (χ0n) is 9.01. The molecule has 0 saturated heterocycles. The van der Waals surface area contributed by atoms with E-state index in [0.29, 0.717) is 13.1 Å². The van der Waals surface area contributed by atoms with E-state index in [4.69, 9.17) is 5.73 Å². The number of aromatic nitrogens is 1. The number of hydrogen-bond acceptors (Lipinski definition) is 5. The van der Waals surface area contributed by atoms with Crippen LogP contribution in [0.2, 0.25) is 0 Å². The summed E-state index contributed by atoms with van der Waals surface area (Å²) in [5, 5.41) is 13.6. The maximum absolute atomic E-state index is 10.8. The number of nitro groups is 1. The molecule has 0 unspecified atom stereocenters. The van der Waals surface area contributed by atoms with E-state index >= 15 is 0 Å². The summed E-state index contributed by atoms with van der Waals surface area (Å²) < 4.78 is 0. The second-order valence-electron chi connectivity index (χ2n) is 3.23. The van der Waals surface area contributed by atoms with Crippen molar-refractivity contribution in [2.75, 3.05) is 18.4 Å². The van der Waals surface area contributed by atoms with Gasteiger partial charge in [0.05, 0.1) is 4.92 Å². The van der Waals surface area contributed by atoms with Crippen molar-refractivity contribution in [2.45, 2.75) is 6.92 Å². The van der Waals surface area contributed by atoms with Crippen LogP contribution in [0.3, 0.4) is 0 Å². The molecule has 0 bridgehead atoms. The van der Waals surface area contributed by atoms with E-state index in [-0.39, 0.29) is 11.5 Å². The molecule has 0 amide bonds. The van der Waals surface area contributed by atoms with E-state index in [1.807, 2.05) is 0 Å². The lowest BCUT2D eigenvalue weighted by Gasteiger charge is -2.03. The second-order valence-corrected chi connectivity index (χ2v) is 3.23. The summed E-state index contributed by atoms with van der Waals surface area (Å²) >= 11 is 0. The molecule has 0 aliphatic rings. The van der Waals surface area contributed by atoms with Crippen LogP contribution in [0.5, 0.6) is 0 Å². The number of anilines is 1. The van der Waals surface area contributed by atoms with Crippen LogP contribution in [-0.2, 0) is 0 Å². The molecule has 1 rings (SSSR count). The monoisotopic (exact) mass is 222 g/mol. The highest BCUT2D eigenvalue weighted by molar-refractivity contribution is 5.56. The van der Waals surface area contributed by atoms with Crippen molar-refractivity contribution in [3.63, 3.8) is 0 Å². The lowest BCUT2D eigenvalue weighted by molar-refractivity contribution is -0.384. The molecular weight excluding hydrogens is 208 g/mol. The van der Waals surface area contributed by atoms with Crippen LogP contribution in [-0.4, -0.2) is 23.0 Å². The van der Waals surface area contributed by atoms with Gasteiger partial charge in [0, 0.05) is 25.4 Å². The van der Waals surface area contributed by atoms with E-state index < -0.39 is 4.92 Å². The van der Waals surface area contributed by atoms with Gasteiger partial charge in [-0.15, -0.1) is 0 Å². The van der Waals surface area contributed by atoms with Crippen molar-refractivity contribution in [3.8, 4) is 0 Å². The SMILES string of the molecule is Cc1cnc(NC/C=C/CN)c([N+](=O)[O-])c1. The Kier molecular flexibility index (Phi) is 4.41. The zero-order chi connectivity index (χ0) is 12.0. The molecule has 0 radical (unpaired) electrons. The summed E-state index contributed by atoms with van der Waals surface area (Å²) in [4.78, 5) is 14.3. The van der Waals surface area contributed by atoms with Crippen molar-refractivity contribution in [1.29, 1.82) is 0 Å². The molecule has 0 spiro atoms. The van der Waals surface area contributed by atoms with Gasteiger partial charge in [-0.05, 0) is 12.5 Å². The van der Waals surface area contributed by atoms with Crippen molar-refractivity contribution in [2.24, 2.45) is 5.73 Å². The molecule has 3 N–H and O–H groups in total. The first-order valence-electron chi connectivity index (χ1n) is 4.85. The average molecular weight is 222 g/mol. The molecular formula is C10H14N4O2. The smallest absolute Gasteiger partial charge is 0.311 e. The van der Waals surface area contributed by atoms with E-state index in [9.17, 15) is 10.1 Å². The largest absolute Gasteiger partial charge is 0.361 e. The van der Waals surface area contributed by atoms with Gasteiger partial charge in [-0.2, -0.15) is 0 Å². The summed E-state index contributed by atoms with van der Waals surface area (Å²) in [5.74, 6) is 0.275. The van der Waals surface area contributed by atoms with Crippen LogP contribution < -0.4 is 11.1 Å². The highest BCUT2D eigenvalue weighted by Crippen LogP contribution is 2.21. The van der Waals surface area contributed by atoms with Gasteiger partial charge in [-0.25, -0.2) is 4.98 Å². The number of nitrogens with zero attached hydrogens (tertiary/aromatic N) is 2. The summed E-state index contributed by atoms with van der Waals surface area (Å²) in [6.45, 7) is 2.68. The maximum atomic E-state index is 10.8. The van der Waals surface area contributed by atoms with Gasteiger partial charge >= 0.3 is 5.69 Å². The molecule has 6 nitrogen and oxygen atoms in total. The first-order chi connectivity index (χ1) is 7.65. The molecule has 1 aromatic rings. The highest BCUT2D eigenvalue weighted by atomic mass is 16.6. The third-order valence-electron chi connectivity index (χ3n) is 1.89. The third kappa shape index (κ3) is 3.32. The van der Waals surface area contributed by atoms with E-state index in [1.54, 1.807) is 25.3 Å². The van der Waals surface area contributed by atoms with Crippen molar-refractivity contribution >= 4 is 11.5 Å². The normalized spacial score (nSPS) is 10.6. The molecule has 0 aliphatic heterocycles. The second kappa shape index (κ2) is 5.82. The third-order valence-corrected chi connectivity index (χ3v) is 1.89. The minimum Gasteiger partial charge on any atom is -0.361 e. The van der Waals surface area contributed by atoms with E-state index in [0.717, 1.165) is 5.56 Å². The molecule has 0 atom stereocenters. The number of pyridine rings is 1. The lowest BCUT2D eigenvalue weighted by atomic mass is 10.3. The van der Waals surface area contributed by atoms with Crippen LogP contribution in [0.25, 0.3) is 0 Å². The Morgan fingerprint density at radius 3 is 3.00 bits per heavy atom. The van der Waals surface area contributed by atoms with Crippen molar-refractivity contribution in [3.05, 3.63) is 40.1 Å². The minimum absolute atomic E-state index is 0.0128. The molecule has 86 valence electrons. The molecule has 1 aromatic heterocycles. The quantitative estimate of drug-likeness (QED) is 0.444. The zero-order valence-corrected chi connectivity index (χ0v) is 9.01. The minimum atomic E-state index is -0.449. The van der Waals surface area contributed by atoms with Crippen LogP contribution in [0, 0.1) is 17.0 Å². The number of nitrogens with one attached hydrogen (secondary N) is 1. The number of nitrogens with two attached hydrogens (primary N) is 1. The van der Waals surface area contributed by atoms with Gasteiger partial charge < -0.3 is 11.1 Å². The van der Waals surface area contributed by atoms with E-state index in [1.165, 1.54) is 6.07 Å². The molecule has 1 heterocycles. The molecule has 0 aliphatic carbocycles. The fourth-order valence-electron chi connectivity index (χ4n) is 1.16. The van der Waals surface area contributed by atoms with Crippen LogP contribution in [0.15, 0.2) is 24.4 Å². The number of rotatable bonds is 5. The molecule has 0 fully saturated rings. The summed E-state index contributed by atoms with van der Waals surface area (Å²) in [7, 11) is 0. The fraction of sp³-hybridized carbons (Fsp3) is 0.300. The summed E-state index contributed by atoms with van der Waals surface area (Å²) in [5.41, 5.74) is 6.01. The van der Waals surface area contributed by atoms with Gasteiger partial charge in [0.15, 0.2) is 0 Å². The molecule has 0 aromatic carbocycles. The lowest BCUT2D eigenvalue weighted by Crippen LogP contribution is -2.05. The standard InChI is InChI=1S/C10H14N4O2/c1-8-6-9(14(15)16)10(13-7-8)12-5-3-2-4-11/h2-3,6-7H,4-5,11H2,1H3,(H,12,13)/b3-2+. The predicted octanol–water partition coefficient (Wildman–Crippen LogP) is 1.23. The van der Waals surface area contributed by atoms with Gasteiger partial charge in [0.1, 0.15) is 0 Å². The van der Waals surface area contributed by atoms with Crippen molar-refractivity contribution < 1.29 is 4.92 Å². The first kappa shape index (κ1) is 12.1. The fourth-order valence-corrected chi connectivity index (χ4v) is 1.16. The topological polar surface area (TPSA) is 94.1 Å². The van der Waals surface area contributed by atoms with Gasteiger partial charge in [-0.1, -0.05) is 12.2 Å². The Morgan fingerprint density at radius 2 is 2.38 bits per heavy atom. The summed E-state index contributed by atoms with van der Waals surface area (Å²) in [6, 6.07) is 1.49. The van der Waals surface area contributed by atoms with E-state index in [2.05, 4.69) is 10.3 Å². The molecule has 16 heavy (non-hydrogen) atoms.